The van der Waals surface area contributed by atoms with Crippen LogP contribution in [-0.4, -0.2) is 50.0 Å². The van der Waals surface area contributed by atoms with E-state index in [0.29, 0.717) is 0 Å². The Bertz CT molecular complexity index is 426. The Morgan fingerprint density at radius 1 is 1.14 bits per heavy atom. The van der Waals surface area contributed by atoms with Gasteiger partial charge in [0.1, 0.15) is 0 Å². The Kier molecular flexibility index (Phi) is 8.01. The van der Waals surface area contributed by atoms with Gasteiger partial charge in [-0.1, -0.05) is 26.0 Å². The van der Waals surface area contributed by atoms with Gasteiger partial charge < -0.3 is 10.6 Å². The largest absolute Gasteiger partial charge is 0.368 e. The highest BCUT2D eigenvalue weighted by Crippen LogP contribution is 2.22. The van der Waals surface area contributed by atoms with Gasteiger partial charge in [0.05, 0.1) is 0 Å². The highest BCUT2D eigenvalue weighted by Gasteiger charge is 2.19. The Balaban J connectivity index is 0.00000106. The molecule has 0 unspecified atom stereocenters. The molecule has 0 amide bonds. The van der Waals surface area contributed by atoms with Crippen LogP contribution in [0.25, 0.3) is 0 Å². The third kappa shape index (κ3) is 5.14. The zero-order valence-corrected chi connectivity index (χ0v) is 13.6. The number of Topliss-reactive ketones (excluding diaryl/α,β-unsaturated/α-hetero) is 1. The number of hydrogen-bond acceptors (Lipinski definition) is 4. The standard InChI is InChI=1S/C15H23N3O.C2H6/c1-13(19)14-5-2-3-6-15(14)18-11-9-17(10-12-18)8-4-7-16;1-2/h2-3,5-6H,4,7-12,16H2,1H3;1-2H3. The van der Waals surface area contributed by atoms with Gasteiger partial charge in [0.25, 0.3) is 0 Å². The van der Waals surface area contributed by atoms with E-state index in [9.17, 15) is 4.79 Å². The topological polar surface area (TPSA) is 49.6 Å². The molecule has 1 aromatic carbocycles. The van der Waals surface area contributed by atoms with E-state index in [-0.39, 0.29) is 5.78 Å². The van der Waals surface area contributed by atoms with Crippen molar-refractivity contribution in [3.63, 3.8) is 0 Å². The van der Waals surface area contributed by atoms with Crippen LogP contribution in [0.5, 0.6) is 0 Å². The van der Waals surface area contributed by atoms with Gasteiger partial charge in [0.2, 0.25) is 0 Å². The molecule has 118 valence electrons. The van der Waals surface area contributed by atoms with E-state index >= 15 is 0 Å². The number of carbonyl (C=O) groups excluding carboxylic acids is 1. The van der Waals surface area contributed by atoms with Gasteiger partial charge in [-0.25, -0.2) is 0 Å². The van der Waals surface area contributed by atoms with Crippen molar-refractivity contribution < 1.29 is 4.79 Å². The molecule has 1 aliphatic heterocycles. The van der Waals surface area contributed by atoms with E-state index in [4.69, 9.17) is 5.73 Å². The molecular formula is C17H29N3O. The summed E-state index contributed by atoms with van der Waals surface area (Å²) in [5.74, 6) is 0.140. The lowest BCUT2D eigenvalue weighted by atomic mass is 10.1. The maximum Gasteiger partial charge on any atom is 0.161 e. The van der Waals surface area contributed by atoms with Gasteiger partial charge >= 0.3 is 0 Å². The average Bonchev–Trinajstić information content (AvgIpc) is 2.55. The molecule has 4 nitrogen and oxygen atoms in total. The number of rotatable bonds is 5. The number of para-hydroxylation sites is 1. The second-order valence-corrected chi connectivity index (χ2v) is 5.04. The van der Waals surface area contributed by atoms with Gasteiger partial charge in [-0.15, -0.1) is 0 Å². The van der Waals surface area contributed by atoms with Crippen LogP contribution in [0.15, 0.2) is 24.3 Å². The summed E-state index contributed by atoms with van der Waals surface area (Å²) in [5, 5.41) is 0. The lowest BCUT2D eigenvalue weighted by molar-refractivity contribution is 0.101. The maximum atomic E-state index is 11.7. The SMILES string of the molecule is CC.CC(=O)c1ccccc1N1CCN(CCCN)CC1. The molecule has 0 aromatic heterocycles. The molecular weight excluding hydrogens is 262 g/mol. The average molecular weight is 291 g/mol. The minimum atomic E-state index is 0.140. The molecule has 0 saturated carbocycles. The molecule has 1 saturated heterocycles. The minimum Gasteiger partial charge on any atom is -0.368 e. The van der Waals surface area contributed by atoms with Crippen molar-refractivity contribution in [1.29, 1.82) is 0 Å². The number of piperazine rings is 1. The summed E-state index contributed by atoms with van der Waals surface area (Å²) in [7, 11) is 0. The van der Waals surface area contributed by atoms with Crippen LogP contribution < -0.4 is 10.6 Å². The fraction of sp³-hybridized carbons (Fsp3) is 0.588. The predicted molar refractivity (Wildman–Crippen MR) is 90.1 cm³/mol. The van der Waals surface area contributed by atoms with E-state index < -0.39 is 0 Å². The first-order valence-corrected chi connectivity index (χ1v) is 7.99. The zero-order chi connectivity index (χ0) is 15.7. The number of benzene rings is 1. The number of nitrogens with two attached hydrogens (primary N) is 1. The number of nitrogens with zero attached hydrogens (tertiary/aromatic N) is 2. The normalized spacial score (nSPS) is 15.3. The van der Waals surface area contributed by atoms with Crippen LogP contribution >= 0.6 is 0 Å². The molecule has 2 N–H and O–H groups in total. The Morgan fingerprint density at radius 3 is 2.33 bits per heavy atom. The summed E-state index contributed by atoms with van der Waals surface area (Å²) >= 11 is 0. The van der Waals surface area contributed by atoms with Crippen molar-refractivity contribution in [1.82, 2.24) is 4.90 Å². The minimum absolute atomic E-state index is 0.140. The second kappa shape index (κ2) is 9.53. The van der Waals surface area contributed by atoms with Crippen molar-refractivity contribution in [2.45, 2.75) is 27.2 Å². The number of ketones is 1. The quantitative estimate of drug-likeness (QED) is 0.846. The van der Waals surface area contributed by atoms with Gasteiger partial charge in [-0.05, 0) is 38.6 Å². The van der Waals surface area contributed by atoms with E-state index in [0.717, 1.165) is 56.9 Å². The third-order valence-corrected chi connectivity index (χ3v) is 3.67. The molecule has 0 aliphatic carbocycles. The van der Waals surface area contributed by atoms with Gasteiger partial charge in [0, 0.05) is 37.4 Å². The Labute approximate surface area is 128 Å². The fourth-order valence-corrected chi connectivity index (χ4v) is 2.57. The summed E-state index contributed by atoms with van der Waals surface area (Å²) in [6.45, 7) is 11.5. The molecule has 0 spiro atoms. The molecule has 0 radical (unpaired) electrons. The number of anilines is 1. The molecule has 1 heterocycles. The highest BCUT2D eigenvalue weighted by molar-refractivity contribution is 5.99. The summed E-state index contributed by atoms with van der Waals surface area (Å²) in [4.78, 5) is 16.4. The fourth-order valence-electron chi connectivity index (χ4n) is 2.57. The molecule has 0 bridgehead atoms. The first-order valence-electron chi connectivity index (χ1n) is 7.99. The lowest BCUT2D eigenvalue weighted by Gasteiger charge is -2.36. The molecule has 21 heavy (non-hydrogen) atoms. The molecule has 1 aliphatic rings. The van der Waals surface area contributed by atoms with Crippen LogP contribution in [-0.2, 0) is 0 Å². The summed E-state index contributed by atoms with van der Waals surface area (Å²) in [5.41, 5.74) is 7.45. The number of carbonyl (C=O) groups is 1. The zero-order valence-electron chi connectivity index (χ0n) is 13.6. The van der Waals surface area contributed by atoms with Crippen LogP contribution in [0.1, 0.15) is 37.6 Å². The summed E-state index contributed by atoms with van der Waals surface area (Å²) in [6, 6.07) is 7.89. The van der Waals surface area contributed by atoms with Gasteiger partial charge in [-0.3, -0.25) is 9.69 Å². The molecule has 0 atom stereocenters. The molecule has 1 aromatic rings. The van der Waals surface area contributed by atoms with Crippen molar-refractivity contribution in [2.75, 3.05) is 44.2 Å². The van der Waals surface area contributed by atoms with Crippen molar-refractivity contribution in [3.8, 4) is 0 Å². The number of hydrogen-bond donors (Lipinski definition) is 1. The maximum absolute atomic E-state index is 11.7. The summed E-state index contributed by atoms with van der Waals surface area (Å²) < 4.78 is 0. The monoisotopic (exact) mass is 291 g/mol. The lowest BCUT2D eigenvalue weighted by Crippen LogP contribution is -2.47. The van der Waals surface area contributed by atoms with Crippen LogP contribution in [0, 0.1) is 0 Å². The molecule has 4 heteroatoms. The van der Waals surface area contributed by atoms with Crippen molar-refractivity contribution in [3.05, 3.63) is 29.8 Å². The first-order chi connectivity index (χ1) is 10.2. The Morgan fingerprint density at radius 2 is 1.76 bits per heavy atom. The van der Waals surface area contributed by atoms with E-state index in [2.05, 4.69) is 9.80 Å². The van der Waals surface area contributed by atoms with Crippen LogP contribution in [0.3, 0.4) is 0 Å². The summed E-state index contributed by atoms with van der Waals surface area (Å²) in [6.07, 6.45) is 1.06. The van der Waals surface area contributed by atoms with Crippen molar-refractivity contribution in [2.24, 2.45) is 5.73 Å². The van der Waals surface area contributed by atoms with Gasteiger partial charge in [0.15, 0.2) is 5.78 Å². The van der Waals surface area contributed by atoms with E-state index in [1.54, 1.807) is 6.92 Å². The van der Waals surface area contributed by atoms with Gasteiger partial charge in [-0.2, -0.15) is 0 Å². The third-order valence-electron chi connectivity index (χ3n) is 3.67. The van der Waals surface area contributed by atoms with E-state index in [1.807, 2.05) is 38.1 Å². The van der Waals surface area contributed by atoms with Crippen LogP contribution in [0.4, 0.5) is 5.69 Å². The highest BCUT2D eigenvalue weighted by atomic mass is 16.1. The van der Waals surface area contributed by atoms with Crippen LogP contribution in [0.2, 0.25) is 0 Å². The predicted octanol–water partition coefficient (Wildman–Crippen LogP) is 2.39. The second-order valence-electron chi connectivity index (χ2n) is 5.04. The van der Waals surface area contributed by atoms with E-state index in [1.165, 1.54) is 0 Å². The van der Waals surface area contributed by atoms with Crippen molar-refractivity contribution >= 4 is 11.5 Å². The first kappa shape index (κ1) is 17.7. The smallest absolute Gasteiger partial charge is 0.161 e. The molecule has 2 rings (SSSR count). The Hall–Kier alpha value is -1.39. The molecule has 1 fully saturated rings.